The minimum Gasteiger partial charge on any atom is -0.384 e. The molecule has 2 aromatic rings. The number of piperidine rings is 1. The fourth-order valence-electron chi connectivity index (χ4n) is 5.04. The molecule has 0 spiro atoms. The van der Waals surface area contributed by atoms with Crippen LogP contribution in [0, 0.1) is 24.7 Å². The lowest BCUT2D eigenvalue weighted by atomic mass is 10.00. The Morgan fingerprint density at radius 1 is 1.24 bits per heavy atom. The van der Waals surface area contributed by atoms with E-state index in [4.69, 9.17) is 5.73 Å². The fourth-order valence-corrected chi connectivity index (χ4v) is 5.04. The van der Waals surface area contributed by atoms with Crippen LogP contribution in [0.4, 0.5) is 35.3 Å². The number of likely N-dealkylation sites (tertiary alicyclic amines) is 1. The predicted octanol–water partition coefficient (Wildman–Crippen LogP) is 4.43. The molecule has 10 heteroatoms. The largest absolute Gasteiger partial charge is 0.389 e. The molecule has 34 heavy (non-hydrogen) atoms. The van der Waals surface area contributed by atoms with Gasteiger partial charge in [0, 0.05) is 37.7 Å². The number of benzene rings is 1. The van der Waals surface area contributed by atoms with Crippen LogP contribution in [0.3, 0.4) is 0 Å². The number of nitrogens with zero attached hydrogens (tertiary/aromatic N) is 3. The average molecular weight is 473 g/mol. The smallest absolute Gasteiger partial charge is 0.384 e. The van der Waals surface area contributed by atoms with Crippen molar-refractivity contribution in [1.29, 1.82) is 0 Å². The van der Waals surface area contributed by atoms with Crippen molar-refractivity contribution < 1.29 is 22.8 Å². The molecule has 3 aliphatic rings. The number of carbonyl (C=O) groups is 2. The van der Waals surface area contributed by atoms with Crippen LogP contribution in [0.5, 0.6) is 0 Å². The number of hydrogen-bond donors (Lipinski definition) is 2. The Labute approximate surface area is 195 Å². The zero-order valence-electron chi connectivity index (χ0n) is 18.7. The molecule has 3 fully saturated rings. The Morgan fingerprint density at radius 3 is 2.74 bits per heavy atom. The number of pyridine rings is 1. The first-order chi connectivity index (χ1) is 16.1. The van der Waals surface area contributed by atoms with Crippen LogP contribution in [0.15, 0.2) is 30.3 Å². The average Bonchev–Trinajstić information content (AvgIpc) is 3.26. The summed E-state index contributed by atoms with van der Waals surface area (Å²) in [6.45, 7) is 2.96. The maximum Gasteiger partial charge on any atom is 0.389 e. The number of aromatic nitrogens is 1. The minimum atomic E-state index is -4.23. The molecule has 3 amide bonds. The summed E-state index contributed by atoms with van der Waals surface area (Å²) in [6, 6.07) is 8.54. The van der Waals surface area contributed by atoms with Crippen molar-refractivity contribution in [1.82, 2.24) is 9.88 Å². The standard InChI is InChI=1S/C24H26F3N5O2/c1-13-2-3-17(29-23(34)31-5-4-14(11-31)10-24(25,26)27)9-18(13)15-7-20(28)30-21(8-15)32-12-16-6-19(16)22(32)33/h2-3,7-9,14,16,19H,4-6,10-12H2,1H3,(H2,28,30)(H,29,34)/t14-,16?,19?/m0/s1. The molecular weight excluding hydrogens is 447 g/mol. The van der Waals surface area contributed by atoms with Crippen LogP contribution in [-0.2, 0) is 4.79 Å². The third-order valence-corrected chi connectivity index (χ3v) is 6.92. The lowest BCUT2D eigenvalue weighted by Gasteiger charge is -2.20. The summed E-state index contributed by atoms with van der Waals surface area (Å²) in [5.41, 5.74) is 9.12. The van der Waals surface area contributed by atoms with Gasteiger partial charge in [-0.05, 0) is 72.6 Å². The summed E-state index contributed by atoms with van der Waals surface area (Å²) >= 11 is 0. The normalized spacial score (nSPS) is 23.9. The number of alkyl halides is 3. The quantitative estimate of drug-likeness (QED) is 0.687. The van der Waals surface area contributed by atoms with Crippen LogP contribution in [-0.4, -0.2) is 47.6 Å². The summed E-state index contributed by atoms with van der Waals surface area (Å²) in [6.07, 6.45) is -3.83. The highest BCUT2D eigenvalue weighted by atomic mass is 19.4. The molecule has 3 heterocycles. The van der Waals surface area contributed by atoms with Gasteiger partial charge in [-0.1, -0.05) is 6.07 Å². The van der Waals surface area contributed by atoms with Gasteiger partial charge >= 0.3 is 12.2 Å². The number of urea groups is 1. The second-order valence-electron chi connectivity index (χ2n) is 9.57. The van der Waals surface area contributed by atoms with Crippen LogP contribution in [0.1, 0.15) is 24.8 Å². The third-order valence-electron chi connectivity index (χ3n) is 6.92. The topological polar surface area (TPSA) is 91.6 Å². The first kappa shape index (κ1) is 22.5. The number of carbonyl (C=O) groups excluding carboxylic acids is 2. The fraction of sp³-hybridized carbons (Fsp3) is 0.458. The van der Waals surface area contributed by atoms with Crippen molar-refractivity contribution in [3.63, 3.8) is 0 Å². The molecular formula is C24H26F3N5O2. The van der Waals surface area contributed by atoms with E-state index in [1.807, 2.05) is 19.1 Å². The van der Waals surface area contributed by atoms with E-state index < -0.39 is 24.5 Å². The van der Waals surface area contributed by atoms with Crippen LogP contribution < -0.4 is 16.0 Å². The molecule has 1 aromatic heterocycles. The van der Waals surface area contributed by atoms with Crippen LogP contribution in [0.25, 0.3) is 11.1 Å². The number of fused-ring (bicyclic) bond motifs is 1. The molecule has 180 valence electrons. The molecule has 1 aromatic carbocycles. The van der Waals surface area contributed by atoms with Gasteiger partial charge < -0.3 is 16.0 Å². The van der Waals surface area contributed by atoms with Gasteiger partial charge in [-0.2, -0.15) is 13.2 Å². The van der Waals surface area contributed by atoms with Crippen molar-refractivity contribution in [3.05, 3.63) is 35.9 Å². The molecule has 2 unspecified atom stereocenters. The molecule has 2 aliphatic heterocycles. The molecule has 1 saturated carbocycles. The van der Waals surface area contributed by atoms with Gasteiger partial charge in [0.1, 0.15) is 11.6 Å². The van der Waals surface area contributed by atoms with E-state index in [9.17, 15) is 22.8 Å². The van der Waals surface area contributed by atoms with Gasteiger partial charge in [0.05, 0.1) is 0 Å². The highest BCUT2D eigenvalue weighted by Gasteiger charge is 2.52. The maximum absolute atomic E-state index is 12.7. The molecule has 0 radical (unpaired) electrons. The van der Waals surface area contributed by atoms with E-state index in [0.29, 0.717) is 42.8 Å². The first-order valence-corrected chi connectivity index (χ1v) is 11.4. The Hall–Kier alpha value is -3.30. The minimum absolute atomic E-state index is 0.0835. The predicted molar refractivity (Wildman–Crippen MR) is 122 cm³/mol. The van der Waals surface area contributed by atoms with Gasteiger partial charge in [-0.15, -0.1) is 0 Å². The SMILES string of the molecule is Cc1ccc(NC(=O)N2CC[C@@H](CC(F)(F)F)C2)cc1-c1cc(N)nc(N2CC3CC3C2=O)c1. The lowest BCUT2D eigenvalue weighted by molar-refractivity contribution is -0.143. The van der Waals surface area contributed by atoms with Crippen molar-refractivity contribution in [2.75, 3.05) is 35.6 Å². The molecule has 1 aliphatic carbocycles. The van der Waals surface area contributed by atoms with E-state index in [0.717, 1.165) is 23.1 Å². The summed E-state index contributed by atoms with van der Waals surface area (Å²) in [5, 5.41) is 2.80. The summed E-state index contributed by atoms with van der Waals surface area (Å²) in [7, 11) is 0. The Morgan fingerprint density at radius 2 is 2.03 bits per heavy atom. The molecule has 3 atom stereocenters. The second-order valence-corrected chi connectivity index (χ2v) is 9.57. The van der Waals surface area contributed by atoms with E-state index in [-0.39, 0.29) is 18.4 Å². The van der Waals surface area contributed by atoms with E-state index in [2.05, 4.69) is 10.3 Å². The monoisotopic (exact) mass is 473 g/mol. The number of nitrogens with one attached hydrogen (secondary N) is 1. The van der Waals surface area contributed by atoms with Crippen LogP contribution in [0.2, 0.25) is 0 Å². The third kappa shape index (κ3) is 4.53. The van der Waals surface area contributed by atoms with Gasteiger partial charge in [-0.25, -0.2) is 9.78 Å². The van der Waals surface area contributed by atoms with Crippen molar-refractivity contribution in [2.24, 2.45) is 17.8 Å². The molecule has 7 nitrogen and oxygen atoms in total. The van der Waals surface area contributed by atoms with E-state index in [1.54, 1.807) is 23.1 Å². The lowest BCUT2D eigenvalue weighted by Crippen LogP contribution is -2.33. The summed E-state index contributed by atoms with van der Waals surface area (Å²) in [5.74, 6) is 0.837. The summed E-state index contributed by atoms with van der Waals surface area (Å²) in [4.78, 5) is 32.6. The number of hydrogen-bond acceptors (Lipinski definition) is 4. The second kappa shape index (κ2) is 8.18. The zero-order valence-corrected chi connectivity index (χ0v) is 18.7. The van der Waals surface area contributed by atoms with E-state index >= 15 is 0 Å². The Bertz CT molecular complexity index is 1150. The first-order valence-electron chi connectivity index (χ1n) is 11.4. The zero-order chi connectivity index (χ0) is 24.2. The number of aryl methyl sites for hydroxylation is 1. The number of rotatable bonds is 4. The number of anilines is 3. The Balaban J connectivity index is 1.33. The Kier molecular flexibility index (Phi) is 5.41. The molecule has 5 rings (SSSR count). The molecule has 3 N–H and O–H groups in total. The van der Waals surface area contributed by atoms with Gasteiger partial charge in [0.15, 0.2) is 0 Å². The van der Waals surface area contributed by atoms with Crippen molar-refractivity contribution in [2.45, 2.75) is 32.4 Å². The number of nitrogens with two attached hydrogens (primary N) is 1. The highest BCUT2D eigenvalue weighted by molar-refractivity contribution is 6.00. The summed E-state index contributed by atoms with van der Waals surface area (Å²) < 4.78 is 38.0. The molecule has 2 saturated heterocycles. The van der Waals surface area contributed by atoms with Crippen molar-refractivity contribution in [3.8, 4) is 11.1 Å². The van der Waals surface area contributed by atoms with E-state index in [1.165, 1.54) is 4.90 Å². The maximum atomic E-state index is 12.7. The van der Waals surface area contributed by atoms with Gasteiger partial charge in [0.2, 0.25) is 5.91 Å². The molecule has 0 bridgehead atoms. The van der Waals surface area contributed by atoms with Gasteiger partial charge in [0.25, 0.3) is 0 Å². The van der Waals surface area contributed by atoms with Crippen molar-refractivity contribution >= 4 is 29.3 Å². The number of halogens is 3. The van der Waals surface area contributed by atoms with Crippen LogP contribution >= 0.6 is 0 Å². The number of amides is 3. The van der Waals surface area contributed by atoms with Gasteiger partial charge in [-0.3, -0.25) is 9.69 Å². The number of nitrogen functional groups attached to an aromatic ring is 1. The highest BCUT2D eigenvalue weighted by Crippen LogP contribution is 2.47.